The lowest BCUT2D eigenvalue weighted by Gasteiger charge is -2.21. The van der Waals surface area contributed by atoms with Crippen molar-refractivity contribution in [3.05, 3.63) is 70.9 Å². The molecule has 0 unspecified atom stereocenters. The number of nitrogens with one attached hydrogen (secondary N) is 2. The van der Waals surface area contributed by atoms with Crippen LogP contribution in [0.2, 0.25) is 0 Å². The molecule has 0 aliphatic carbocycles. The van der Waals surface area contributed by atoms with Crippen LogP contribution in [0.5, 0.6) is 11.5 Å². The fraction of sp³-hybridized carbons (Fsp3) is 0.0909. The smallest absolute Gasteiger partial charge is 0.265 e. The zero-order valence-electron chi connectivity index (χ0n) is 16.1. The molecular formula is C22H16N4O4S. The van der Waals surface area contributed by atoms with Gasteiger partial charge in [0.15, 0.2) is 11.5 Å². The van der Waals surface area contributed by atoms with Crippen LogP contribution in [-0.2, 0) is 0 Å². The molecule has 0 saturated heterocycles. The Labute approximate surface area is 180 Å². The van der Waals surface area contributed by atoms with E-state index in [1.165, 1.54) is 17.5 Å². The molecule has 154 valence electrons. The monoisotopic (exact) mass is 432 g/mol. The van der Waals surface area contributed by atoms with Gasteiger partial charge in [-0.05, 0) is 17.5 Å². The summed E-state index contributed by atoms with van der Waals surface area (Å²) in [6, 6.07) is 8.59. The highest BCUT2D eigenvalue weighted by Gasteiger charge is 2.20. The Morgan fingerprint density at radius 3 is 2.32 bits per heavy atom. The van der Waals surface area contributed by atoms with Gasteiger partial charge in [-0.25, -0.2) is 0 Å². The minimum atomic E-state index is -0.368. The molecule has 0 bridgehead atoms. The van der Waals surface area contributed by atoms with Crippen LogP contribution in [0.3, 0.4) is 0 Å². The third-order valence-corrected chi connectivity index (χ3v) is 5.60. The number of nitrogens with zero attached hydrogens (tertiary/aromatic N) is 2. The number of aromatic nitrogens is 2. The van der Waals surface area contributed by atoms with Crippen LogP contribution in [0, 0.1) is 0 Å². The molecule has 8 nitrogen and oxygen atoms in total. The summed E-state index contributed by atoms with van der Waals surface area (Å²) in [5, 5.41) is 9.03. The van der Waals surface area contributed by atoms with Gasteiger partial charge in [0.05, 0.1) is 21.8 Å². The van der Waals surface area contributed by atoms with Crippen LogP contribution in [0.25, 0.3) is 10.8 Å². The molecule has 0 atom stereocenters. The second kappa shape index (κ2) is 8.04. The van der Waals surface area contributed by atoms with Crippen LogP contribution in [0.1, 0.15) is 20.0 Å². The average molecular weight is 432 g/mol. The number of carbonyl (C=O) groups is 2. The van der Waals surface area contributed by atoms with Crippen molar-refractivity contribution in [2.75, 3.05) is 23.8 Å². The Balaban J connectivity index is 1.51. The molecule has 0 radical (unpaired) electrons. The number of hydrogen-bond donors (Lipinski definition) is 2. The Morgan fingerprint density at radius 1 is 0.903 bits per heavy atom. The lowest BCUT2D eigenvalue weighted by molar-refractivity contribution is 0.101. The fourth-order valence-electron chi connectivity index (χ4n) is 3.27. The lowest BCUT2D eigenvalue weighted by atomic mass is 10.1. The van der Waals surface area contributed by atoms with E-state index >= 15 is 0 Å². The van der Waals surface area contributed by atoms with E-state index < -0.39 is 0 Å². The van der Waals surface area contributed by atoms with Crippen molar-refractivity contribution in [2.45, 2.75) is 0 Å². The van der Waals surface area contributed by atoms with Crippen LogP contribution in [-0.4, -0.2) is 35.0 Å². The molecular weight excluding hydrogens is 416 g/mol. The number of pyridine rings is 2. The van der Waals surface area contributed by atoms with Crippen molar-refractivity contribution in [2.24, 2.45) is 0 Å². The first-order valence-electron chi connectivity index (χ1n) is 9.46. The Bertz CT molecular complexity index is 1280. The van der Waals surface area contributed by atoms with E-state index in [1.807, 2.05) is 5.38 Å². The molecule has 2 N–H and O–H groups in total. The first kappa shape index (κ1) is 19.0. The van der Waals surface area contributed by atoms with Crippen LogP contribution in [0.15, 0.2) is 60.5 Å². The molecule has 5 rings (SSSR count). The summed E-state index contributed by atoms with van der Waals surface area (Å²) in [5.41, 5.74) is 1.20. The molecule has 4 heterocycles. The quantitative estimate of drug-likeness (QED) is 0.506. The molecule has 1 aliphatic heterocycles. The van der Waals surface area contributed by atoms with Crippen molar-refractivity contribution in [1.82, 2.24) is 9.97 Å². The third kappa shape index (κ3) is 3.78. The van der Waals surface area contributed by atoms with E-state index in [2.05, 4.69) is 20.6 Å². The molecule has 4 aromatic rings. The molecule has 1 aliphatic rings. The number of benzene rings is 1. The number of amides is 2. The number of anilines is 2. The highest BCUT2D eigenvalue weighted by Crippen LogP contribution is 2.39. The first-order chi connectivity index (χ1) is 15.2. The summed E-state index contributed by atoms with van der Waals surface area (Å²) in [6.07, 6.45) is 6.42. The number of fused-ring (bicyclic) bond motifs is 2. The zero-order chi connectivity index (χ0) is 21.2. The largest absolute Gasteiger partial charge is 0.486 e. The summed E-state index contributed by atoms with van der Waals surface area (Å²) < 4.78 is 11.3. The second-order valence-corrected chi connectivity index (χ2v) is 7.66. The average Bonchev–Trinajstić information content (AvgIpc) is 3.34. The van der Waals surface area contributed by atoms with E-state index in [0.717, 1.165) is 10.8 Å². The van der Waals surface area contributed by atoms with E-state index in [9.17, 15) is 9.59 Å². The van der Waals surface area contributed by atoms with Crippen molar-refractivity contribution < 1.29 is 19.1 Å². The Kier molecular flexibility index (Phi) is 4.93. The highest BCUT2D eigenvalue weighted by atomic mass is 32.1. The molecule has 0 fully saturated rings. The second-order valence-electron chi connectivity index (χ2n) is 6.71. The Hall–Kier alpha value is -3.98. The third-order valence-electron chi connectivity index (χ3n) is 4.73. The molecule has 1 aromatic carbocycles. The van der Waals surface area contributed by atoms with Crippen molar-refractivity contribution in [3.63, 3.8) is 0 Å². The van der Waals surface area contributed by atoms with Crippen molar-refractivity contribution in [3.8, 4) is 11.5 Å². The minimum Gasteiger partial charge on any atom is -0.486 e. The van der Waals surface area contributed by atoms with Gasteiger partial charge in [-0.2, -0.15) is 0 Å². The predicted octanol–water partition coefficient (Wildman–Crippen LogP) is 3.97. The fourth-order valence-corrected chi connectivity index (χ4v) is 3.89. The summed E-state index contributed by atoms with van der Waals surface area (Å²) in [6.45, 7) is 0.814. The zero-order valence-corrected chi connectivity index (χ0v) is 16.9. The summed E-state index contributed by atoms with van der Waals surface area (Å²) in [4.78, 5) is 34.5. The SMILES string of the molecule is O=C(Nc1cc2c(cc1NC(=O)c1cncc3cnccc13)OCCO2)c1cccs1. The van der Waals surface area contributed by atoms with Crippen LogP contribution < -0.4 is 20.1 Å². The van der Waals surface area contributed by atoms with Gasteiger partial charge in [0.25, 0.3) is 11.8 Å². The molecule has 31 heavy (non-hydrogen) atoms. The van der Waals surface area contributed by atoms with Gasteiger partial charge in [-0.1, -0.05) is 6.07 Å². The number of hydrogen-bond acceptors (Lipinski definition) is 7. The standard InChI is InChI=1S/C22H16N4O4S/c27-21(15-12-24-11-13-10-23-4-3-14(13)15)25-16-8-18-19(30-6-5-29-18)9-17(16)26-22(28)20-2-1-7-31-20/h1-4,7-12H,5-6H2,(H,25,27)(H,26,28). The van der Waals surface area contributed by atoms with Gasteiger partial charge in [-0.15, -0.1) is 11.3 Å². The normalized spacial score (nSPS) is 12.4. The molecule has 2 amide bonds. The lowest BCUT2D eigenvalue weighted by Crippen LogP contribution is -2.19. The van der Waals surface area contributed by atoms with Gasteiger partial charge >= 0.3 is 0 Å². The maximum Gasteiger partial charge on any atom is 0.265 e. The molecule has 0 spiro atoms. The topological polar surface area (TPSA) is 102 Å². The van der Waals surface area contributed by atoms with Gasteiger partial charge in [0, 0.05) is 47.7 Å². The van der Waals surface area contributed by atoms with Gasteiger partial charge < -0.3 is 20.1 Å². The Morgan fingerprint density at radius 2 is 1.61 bits per heavy atom. The van der Waals surface area contributed by atoms with Crippen molar-refractivity contribution in [1.29, 1.82) is 0 Å². The first-order valence-corrected chi connectivity index (χ1v) is 10.3. The van der Waals surface area contributed by atoms with Crippen LogP contribution >= 0.6 is 11.3 Å². The van der Waals surface area contributed by atoms with E-state index in [0.29, 0.717) is 46.5 Å². The number of carbonyl (C=O) groups excluding carboxylic acids is 2. The number of thiophene rings is 1. The summed E-state index contributed by atoms with van der Waals surface area (Å²) >= 11 is 1.33. The summed E-state index contributed by atoms with van der Waals surface area (Å²) in [7, 11) is 0. The van der Waals surface area contributed by atoms with Gasteiger partial charge in [0.2, 0.25) is 0 Å². The minimum absolute atomic E-state index is 0.278. The van der Waals surface area contributed by atoms with Gasteiger partial charge in [0.1, 0.15) is 13.2 Å². The molecule has 0 saturated carbocycles. The number of ether oxygens (including phenoxy) is 2. The van der Waals surface area contributed by atoms with E-state index in [-0.39, 0.29) is 11.8 Å². The summed E-state index contributed by atoms with van der Waals surface area (Å²) in [5.74, 6) is 0.354. The van der Waals surface area contributed by atoms with E-state index in [1.54, 1.807) is 48.9 Å². The van der Waals surface area contributed by atoms with E-state index in [4.69, 9.17) is 9.47 Å². The maximum atomic E-state index is 13.1. The highest BCUT2D eigenvalue weighted by molar-refractivity contribution is 7.12. The molecule has 9 heteroatoms. The molecule has 3 aromatic heterocycles. The van der Waals surface area contributed by atoms with Gasteiger partial charge in [-0.3, -0.25) is 19.6 Å². The van der Waals surface area contributed by atoms with Crippen molar-refractivity contribution >= 4 is 45.3 Å². The number of rotatable bonds is 4. The maximum absolute atomic E-state index is 13.1. The van der Waals surface area contributed by atoms with Crippen LogP contribution in [0.4, 0.5) is 11.4 Å². The predicted molar refractivity (Wildman–Crippen MR) is 117 cm³/mol.